The number of hydrogen-bond donors (Lipinski definition) is 1. The van der Waals surface area contributed by atoms with Crippen LogP contribution >= 0.6 is 0 Å². The van der Waals surface area contributed by atoms with Gasteiger partial charge < -0.3 is 14.6 Å². The number of aromatic nitrogens is 2. The molecule has 0 bridgehead atoms. The lowest BCUT2D eigenvalue weighted by molar-refractivity contribution is -0.132. The van der Waals surface area contributed by atoms with Crippen molar-refractivity contribution < 1.29 is 24.2 Å². The van der Waals surface area contributed by atoms with Gasteiger partial charge >= 0.3 is 5.91 Å². The lowest BCUT2D eigenvalue weighted by Crippen LogP contribution is -2.31. The Hall–Kier alpha value is -4.20. The number of carbonyl (C=O) groups is 2. The van der Waals surface area contributed by atoms with Crippen LogP contribution in [0.4, 0.5) is 5.95 Å². The van der Waals surface area contributed by atoms with Crippen molar-refractivity contribution in [2.45, 2.75) is 6.04 Å². The Morgan fingerprint density at radius 3 is 2.00 bits per heavy atom. The van der Waals surface area contributed by atoms with Gasteiger partial charge in [0.05, 0.1) is 25.8 Å². The molecule has 8 nitrogen and oxygen atoms in total. The van der Waals surface area contributed by atoms with Crippen LogP contribution in [0.3, 0.4) is 0 Å². The van der Waals surface area contributed by atoms with Crippen LogP contribution in [0, 0.1) is 0 Å². The largest absolute Gasteiger partial charge is 0.507 e. The highest BCUT2D eigenvalue weighted by molar-refractivity contribution is 6.51. The summed E-state index contributed by atoms with van der Waals surface area (Å²) in [6.45, 7) is 0. The van der Waals surface area contributed by atoms with Crippen LogP contribution in [0.1, 0.15) is 17.2 Å². The number of aliphatic hydroxyl groups excluding tert-OH is 1. The highest BCUT2D eigenvalue weighted by Crippen LogP contribution is 2.41. The second kappa shape index (κ2) is 8.27. The molecule has 1 N–H and O–H groups in total. The molecule has 8 heteroatoms. The van der Waals surface area contributed by atoms with Gasteiger partial charge in [-0.2, -0.15) is 0 Å². The summed E-state index contributed by atoms with van der Waals surface area (Å²) in [5.74, 6) is -0.642. The minimum atomic E-state index is -0.907. The number of nitrogens with zero attached hydrogens (tertiary/aromatic N) is 3. The topological polar surface area (TPSA) is 102 Å². The molecular formula is C23H19N3O5. The molecule has 31 heavy (non-hydrogen) atoms. The SMILES string of the molecule is COc1ccc(/C(O)=C2\C(=O)C(=O)N(c3ncccn3)[C@H]2c2ccc(OC)cc2)cc1. The van der Waals surface area contributed by atoms with Crippen molar-refractivity contribution in [1.29, 1.82) is 0 Å². The van der Waals surface area contributed by atoms with Crippen LogP contribution in [0.5, 0.6) is 11.5 Å². The van der Waals surface area contributed by atoms with Crippen LogP contribution in [0.25, 0.3) is 5.76 Å². The van der Waals surface area contributed by atoms with E-state index in [0.717, 1.165) is 0 Å². The molecule has 1 amide bonds. The number of Topliss-reactive ketones (excluding diaryl/α,β-unsaturated/α-hetero) is 1. The Kier molecular flexibility index (Phi) is 5.36. The van der Waals surface area contributed by atoms with E-state index in [1.165, 1.54) is 24.4 Å². The highest BCUT2D eigenvalue weighted by Gasteiger charge is 2.48. The first kappa shape index (κ1) is 20.1. The number of methoxy groups -OCH3 is 2. The predicted octanol–water partition coefficient (Wildman–Crippen LogP) is 3.12. The number of ketones is 1. The van der Waals surface area contributed by atoms with E-state index in [-0.39, 0.29) is 17.3 Å². The molecule has 4 rings (SSSR count). The van der Waals surface area contributed by atoms with Gasteiger partial charge in [0.2, 0.25) is 5.95 Å². The van der Waals surface area contributed by atoms with Crippen LogP contribution in [0.2, 0.25) is 0 Å². The summed E-state index contributed by atoms with van der Waals surface area (Å²) in [5.41, 5.74) is 0.932. The molecule has 1 fully saturated rings. The fraction of sp³-hybridized carbons (Fsp3) is 0.130. The molecule has 0 unspecified atom stereocenters. The average Bonchev–Trinajstić information content (AvgIpc) is 3.09. The standard InChI is InChI=1S/C23H19N3O5/c1-30-16-8-4-14(5-9-16)19-18(20(27)15-6-10-17(31-2)11-7-15)21(28)22(29)26(19)23-24-12-3-13-25-23/h3-13,19,27H,1-2H3/b20-18+/t19-/m0/s1. The van der Waals surface area contributed by atoms with E-state index in [0.29, 0.717) is 22.6 Å². The molecule has 1 atom stereocenters. The first-order valence-corrected chi connectivity index (χ1v) is 9.41. The predicted molar refractivity (Wildman–Crippen MR) is 113 cm³/mol. The van der Waals surface area contributed by atoms with Crippen molar-refractivity contribution in [2.24, 2.45) is 0 Å². The van der Waals surface area contributed by atoms with Crippen molar-refractivity contribution >= 4 is 23.4 Å². The molecule has 0 spiro atoms. The number of aliphatic hydroxyl groups is 1. The second-order valence-corrected chi connectivity index (χ2v) is 6.72. The maximum atomic E-state index is 13.0. The van der Waals surface area contributed by atoms with Crippen molar-refractivity contribution in [3.8, 4) is 11.5 Å². The zero-order chi connectivity index (χ0) is 22.0. The van der Waals surface area contributed by atoms with E-state index in [9.17, 15) is 14.7 Å². The minimum absolute atomic E-state index is 0.0483. The first-order chi connectivity index (χ1) is 15.0. The lowest BCUT2D eigenvalue weighted by atomic mass is 9.95. The molecule has 3 aromatic rings. The summed E-state index contributed by atoms with van der Waals surface area (Å²) in [6, 6.07) is 14.1. The summed E-state index contributed by atoms with van der Waals surface area (Å²) in [5, 5.41) is 11.0. The van der Waals surface area contributed by atoms with Gasteiger partial charge in [-0.05, 0) is 48.0 Å². The van der Waals surface area contributed by atoms with Gasteiger partial charge in [0.15, 0.2) is 0 Å². The third kappa shape index (κ3) is 3.59. The Morgan fingerprint density at radius 1 is 0.903 bits per heavy atom. The quantitative estimate of drug-likeness (QED) is 0.387. The fourth-order valence-corrected chi connectivity index (χ4v) is 3.46. The third-order valence-corrected chi connectivity index (χ3v) is 5.01. The van der Waals surface area contributed by atoms with E-state index in [2.05, 4.69) is 9.97 Å². The first-order valence-electron chi connectivity index (χ1n) is 9.41. The fourth-order valence-electron chi connectivity index (χ4n) is 3.46. The number of anilines is 1. The van der Waals surface area contributed by atoms with Gasteiger partial charge in [-0.3, -0.25) is 14.5 Å². The number of hydrogen-bond acceptors (Lipinski definition) is 7. The highest BCUT2D eigenvalue weighted by atomic mass is 16.5. The van der Waals surface area contributed by atoms with Crippen LogP contribution in [-0.4, -0.2) is 41.0 Å². The average molecular weight is 417 g/mol. The summed E-state index contributed by atoms with van der Waals surface area (Å²) >= 11 is 0. The molecule has 2 aromatic carbocycles. The number of benzene rings is 2. The van der Waals surface area contributed by atoms with Crippen molar-refractivity contribution in [2.75, 3.05) is 19.1 Å². The number of ether oxygens (including phenoxy) is 2. The molecule has 0 aliphatic carbocycles. The van der Waals surface area contributed by atoms with Gasteiger partial charge in [0, 0.05) is 18.0 Å². The second-order valence-electron chi connectivity index (χ2n) is 6.72. The van der Waals surface area contributed by atoms with Crippen molar-refractivity contribution in [3.63, 3.8) is 0 Å². The van der Waals surface area contributed by atoms with Gasteiger partial charge in [-0.1, -0.05) is 12.1 Å². The van der Waals surface area contributed by atoms with E-state index < -0.39 is 17.7 Å². The smallest absolute Gasteiger partial charge is 0.302 e. The van der Waals surface area contributed by atoms with Gasteiger partial charge in [0.1, 0.15) is 17.3 Å². The van der Waals surface area contributed by atoms with E-state index in [4.69, 9.17) is 9.47 Å². The lowest BCUT2D eigenvalue weighted by Gasteiger charge is -2.23. The zero-order valence-electron chi connectivity index (χ0n) is 16.9. The van der Waals surface area contributed by atoms with E-state index in [1.807, 2.05) is 0 Å². The van der Waals surface area contributed by atoms with Gasteiger partial charge in [-0.25, -0.2) is 9.97 Å². The van der Waals surface area contributed by atoms with Gasteiger partial charge in [-0.15, -0.1) is 0 Å². The molecule has 1 saturated heterocycles. The normalized spacial score (nSPS) is 17.6. The number of rotatable bonds is 5. The molecule has 0 radical (unpaired) electrons. The van der Waals surface area contributed by atoms with Crippen LogP contribution in [-0.2, 0) is 9.59 Å². The maximum Gasteiger partial charge on any atom is 0.302 e. The van der Waals surface area contributed by atoms with E-state index in [1.54, 1.807) is 61.7 Å². The summed E-state index contributed by atoms with van der Waals surface area (Å²) < 4.78 is 10.3. The molecular weight excluding hydrogens is 398 g/mol. The van der Waals surface area contributed by atoms with Crippen LogP contribution in [0.15, 0.2) is 72.6 Å². The van der Waals surface area contributed by atoms with Crippen LogP contribution < -0.4 is 14.4 Å². The summed E-state index contributed by atoms with van der Waals surface area (Å²) in [6.07, 6.45) is 2.96. The van der Waals surface area contributed by atoms with E-state index >= 15 is 0 Å². The maximum absolute atomic E-state index is 13.0. The summed E-state index contributed by atoms with van der Waals surface area (Å²) in [7, 11) is 3.08. The zero-order valence-corrected chi connectivity index (χ0v) is 16.9. The monoisotopic (exact) mass is 417 g/mol. The molecule has 1 aliphatic heterocycles. The van der Waals surface area contributed by atoms with Gasteiger partial charge in [0.25, 0.3) is 5.78 Å². The Balaban J connectivity index is 1.90. The third-order valence-electron chi connectivity index (χ3n) is 5.01. The Morgan fingerprint density at radius 2 is 1.45 bits per heavy atom. The Bertz CT molecular complexity index is 1140. The number of carbonyl (C=O) groups excluding carboxylic acids is 2. The molecule has 2 heterocycles. The molecule has 156 valence electrons. The molecule has 0 saturated carbocycles. The number of amides is 1. The minimum Gasteiger partial charge on any atom is -0.507 e. The Labute approximate surface area is 178 Å². The molecule has 1 aromatic heterocycles. The van der Waals surface area contributed by atoms with Crippen molar-refractivity contribution in [3.05, 3.63) is 83.7 Å². The molecule has 1 aliphatic rings. The summed E-state index contributed by atoms with van der Waals surface area (Å²) in [4.78, 5) is 35.5. The van der Waals surface area contributed by atoms with Crippen molar-refractivity contribution in [1.82, 2.24) is 9.97 Å².